The summed E-state index contributed by atoms with van der Waals surface area (Å²) in [6, 6.07) is 2.01. The summed E-state index contributed by atoms with van der Waals surface area (Å²) in [6.07, 6.45) is 2.57. The molecule has 5 nitrogen and oxygen atoms in total. The summed E-state index contributed by atoms with van der Waals surface area (Å²) in [7, 11) is 1.68. The van der Waals surface area contributed by atoms with Crippen LogP contribution in [0.3, 0.4) is 0 Å². The molecule has 0 aromatic carbocycles. The number of hydrogen-bond donors (Lipinski definition) is 2. The van der Waals surface area contributed by atoms with E-state index in [-0.39, 0.29) is 5.71 Å². The second-order valence-electron chi connectivity index (χ2n) is 3.21. The molecule has 0 saturated carbocycles. The molecule has 0 unspecified atom stereocenters. The fraction of sp³-hybridized carbons (Fsp3) is 0.400. The molecular weight excluding hydrogens is 190 g/mol. The lowest BCUT2D eigenvalue weighted by molar-refractivity contribution is 0.725. The average Bonchev–Trinajstić information content (AvgIpc) is 2.54. The Balaban J connectivity index is 3.36. The van der Waals surface area contributed by atoms with Gasteiger partial charge < -0.3 is 5.41 Å². The van der Waals surface area contributed by atoms with Gasteiger partial charge in [0.25, 0.3) is 0 Å². The van der Waals surface area contributed by atoms with Crippen molar-refractivity contribution in [2.45, 2.75) is 19.8 Å². The predicted octanol–water partition coefficient (Wildman–Crippen LogP) is 1.26. The maximum absolute atomic E-state index is 8.94. The quantitative estimate of drug-likeness (QED) is 0.721. The van der Waals surface area contributed by atoms with Crippen LogP contribution in [0, 0.1) is 22.1 Å². The second kappa shape index (κ2) is 4.51. The molecule has 5 heteroatoms. The minimum absolute atomic E-state index is 0.0445. The SMILES string of the molecule is CCCc1nn(C)c(C#N)c1C(=N)C=N. The van der Waals surface area contributed by atoms with Gasteiger partial charge in [0.1, 0.15) is 11.8 Å². The lowest BCUT2D eigenvalue weighted by Gasteiger charge is -1.98. The van der Waals surface area contributed by atoms with Crippen molar-refractivity contribution < 1.29 is 0 Å². The first kappa shape index (κ1) is 11.1. The first-order valence-corrected chi connectivity index (χ1v) is 4.71. The normalized spacial score (nSPS) is 9.67. The fourth-order valence-corrected chi connectivity index (χ4v) is 1.47. The Morgan fingerprint density at radius 1 is 1.67 bits per heavy atom. The van der Waals surface area contributed by atoms with Crippen LogP contribution in [0.15, 0.2) is 0 Å². The van der Waals surface area contributed by atoms with Gasteiger partial charge in [0, 0.05) is 13.3 Å². The van der Waals surface area contributed by atoms with E-state index in [1.807, 2.05) is 13.0 Å². The number of nitriles is 1. The molecule has 1 heterocycles. The maximum Gasteiger partial charge on any atom is 0.147 e. The first-order valence-electron chi connectivity index (χ1n) is 4.71. The van der Waals surface area contributed by atoms with Gasteiger partial charge in [-0.1, -0.05) is 13.3 Å². The van der Waals surface area contributed by atoms with Crippen molar-refractivity contribution in [1.82, 2.24) is 9.78 Å². The molecule has 0 bridgehead atoms. The van der Waals surface area contributed by atoms with E-state index < -0.39 is 0 Å². The maximum atomic E-state index is 8.94. The third-order valence-electron chi connectivity index (χ3n) is 2.13. The number of nitrogens with zero attached hydrogens (tertiary/aromatic N) is 3. The molecule has 0 amide bonds. The van der Waals surface area contributed by atoms with Crippen LogP contribution in [0.5, 0.6) is 0 Å². The number of hydrogen-bond acceptors (Lipinski definition) is 4. The highest BCUT2D eigenvalue weighted by Gasteiger charge is 2.17. The lowest BCUT2D eigenvalue weighted by atomic mass is 10.1. The topological polar surface area (TPSA) is 89.3 Å². The van der Waals surface area contributed by atoms with E-state index in [9.17, 15) is 0 Å². The molecule has 0 spiro atoms. The van der Waals surface area contributed by atoms with Crippen LogP contribution < -0.4 is 0 Å². The largest absolute Gasteiger partial charge is 0.307 e. The molecule has 0 radical (unpaired) electrons. The molecule has 1 aromatic heterocycles. The van der Waals surface area contributed by atoms with Gasteiger partial charge in [-0.15, -0.1) is 0 Å². The van der Waals surface area contributed by atoms with E-state index in [1.54, 1.807) is 7.05 Å². The summed E-state index contributed by atoms with van der Waals surface area (Å²) >= 11 is 0. The minimum atomic E-state index is 0.0445. The summed E-state index contributed by atoms with van der Waals surface area (Å²) in [5.41, 5.74) is 1.62. The number of aromatic nitrogens is 2. The standard InChI is InChI=1S/C10H13N5/c1-3-4-8-10(7(13)5-11)9(6-12)15(2)14-8/h5,11,13H,3-4H2,1-2H3. The van der Waals surface area contributed by atoms with Crippen LogP contribution in [0.1, 0.15) is 30.3 Å². The van der Waals surface area contributed by atoms with Crippen molar-refractivity contribution in [2.75, 3.05) is 0 Å². The molecule has 78 valence electrons. The summed E-state index contributed by atoms with van der Waals surface area (Å²) in [5, 5.41) is 27.8. The van der Waals surface area contributed by atoms with E-state index in [4.69, 9.17) is 16.1 Å². The minimum Gasteiger partial charge on any atom is -0.307 e. The van der Waals surface area contributed by atoms with Crippen LogP contribution in [0.2, 0.25) is 0 Å². The van der Waals surface area contributed by atoms with E-state index in [2.05, 4.69) is 5.10 Å². The van der Waals surface area contributed by atoms with Gasteiger partial charge in [0.15, 0.2) is 0 Å². The zero-order valence-electron chi connectivity index (χ0n) is 8.83. The third-order valence-corrected chi connectivity index (χ3v) is 2.13. The summed E-state index contributed by atoms with van der Waals surface area (Å²) in [6.45, 7) is 2.01. The number of nitrogens with one attached hydrogen (secondary N) is 2. The molecule has 0 aliphatic rings. The van der Waals surface area contributed by atoms with Gasteiger partial charge in [-0.3, -0.25) is 10.1 Å². The van der Waals surface area contributed by atoms with E-state index in [0.29, 0.717) is 11.3 Å². The zero-order valence-corrected chi connectivity index (χ0v) is 8.83. The Bertz CT molecular complexity index is 435. The van der Waals surface area contributed by atoms with Gasteiger partial charge in [0.2, 0.25) is 0 Å². The first-order chi connectivity index (χ1) is 7.15. The Kier molecular flexibility index (Phi) is 3.34. The van der Waals surface area contributed by atoms with E-state index in [1.165, 1.54) is 4.68 Å². The third kappa shape index (κ3) is 1.94. The lowest BCUT2D eigenvalue weighted by Crippen LogP contribution is -2.05. The molecule has 0 aliphatic heterocycles. The molecule has 0 fully saturated rings. The Morgan fingerprint density at radius 2 is 2.33 bits per heavy atom. The number of rotatable bonds is 4. The van der Waals surface area contributed by atoms with Gasteiger partial charge in [-0.25, -0.2) is 0 Å². The molecule has 1 rings (SSSR count). The fourth-order valence-electron chi connectivity index (χ4n) is 1.47. The molecular formula is C10H13N5. The second-order valence-corrected chi connectivity index (χ2v) is 3.21. The van der Waals surface area contributed by atoms with Crippen molar-refractivity contribution in [2.24, 2.45) is 7.05 Å². The van der Waals surface area contributed by atoms with Crippen LogP contribution in [-0.2, 0) is 13.5 Å². The Hall–Kier alpha value is -1.96. The van der Waals surface area contributed by atoms with Crippen molar-refractivity contribution in [3.8, 4) is 6.07 Å². The van der Waals surface area contributed by atoms with Crippen molar-refractivity contribution >= 4 is 11.9 Å². The highest BCUT2D eigenvalue weighted by atomic mass is 15.3. The molecule has 0 saturated heterocycles. The molecule has 2 N–H and O–H groups in total. The van der Waals surface area contributed by atoms with Gasteiger partial charge in [0.05, 0.1) is 17.0 Å². The van der Waals surface area contributed by atoms with Gasteiger partial charge >= 0.3 is 0 Å². The monoisotopic (exact) mass is 203 g/mol. The van der Waals surface area contributed by atoms with Crippen LogP contribution in [0.25, 0.3) is 0 Å². The predicted molar refractivity (Wildman–Crippen MR) is 57.5 cm³/mol. The van der Waals surface area contributed by atoms with Crippen molar-refractivity contribution in [3.05, 3.63) is 17.0 Å². The van der Waals surface area contributed by atoms with Crippen LogP contribution in [-0.4, -0.2) is 21.7 Å². The molecule has 0 atom stereocenters. The van der Waals surface area contributed by atoms with Crippen molar-refractivity contribution in [1.29, 1.82) is 16.1 Å². The Labute approximate surface area is 88.4 Å². The van der Waals surface area contributed by atoms with Crippen LogP contribution in [0.4, 0.5) is 0 Å². The van der Waals surface area contributed by atoms with Gasteiger partial charge in [-0.05, 0) is 6.42 Å². The smallest absolute Gasteiger partial charge is 0.147 e. The summed E-state index contributed by atoms with van der Waals surface area (Å²) in [5.74, 6) is 0. The summed E-state index contributed by atoms with van der Waals surface area (Å²) < 4.78 is 1.47. The molecule has 0 aliphatic carbocycles. The highest BCUT2D eigenvalue weighted by Crippen LogP contribution is 2.14. The van der Waals surface area contributed by atoms with E-state index in [0.717, 1.165) is 24.8 Å². The van der Waals surface area contributed by atoms with Gasteiger partial charge in [-0.2, -0.15) is 10.4 Å². The van der Waals surface area contributed by atoms with Crippen molar-refractivity contribution in [3.63, 3.8) is 0 Å². The zero-order chi connectivity index (χ0) is 11.4. The highest BCUT2D eigenvalue weighted by molar-refractivity contribution is 6.36. The molecule has 1 aromatic rings. The summed E-state index contributed by atoms with van der Waals surface area (Å²) in [4.78, 5) is 0. The Morgan fingerprint density at radius 3 is 2.80 bits per heavy atom. The van der Waals surface area contributed by atoms with Crippen LogP contribution >= 0.6 is 0 Å². The van der Waals surface area contributed by atoms with E-state index >= 15 is 0 Å². The number of aryl methyl sites for hydroxylation is 2. The average molecular weight is 203 g/mol. The molecule has 15 heavy (non-hydrogen) atoms.